The number of nitrogens with zero attached hydrogens (tertiary/aromatic N) is 2. The predicted octanol–water partition coefficient (Wildman–Crippen LogP) is 2.26. The van der Waals surface area contributed by atoms with Crippen LogP contribution >= 0.6 is 15.9 Å². The van der Waals surface area contributed by atoms with E-state index in [0.29, 0.717) is 5.69 Å². The van der Waals surface area contributed by atoms with Crippen molar-refractivity contribution in [1.82, 2.24) is 9.55 Å². The number of aryl methyl sites for hydroxylation is 1. The number of alkyl halides is 1. The Hall–Kier alpha value is -0.640. The summed E-state index contributed by atoms with van der Waals surface area (Å²) in [6.07, 6.45) is 7.81. The molecule has 0 aromatic carbocycles. The van der Waals surface area contributed by atoms with Gasteiger partial charge in [-0.2, -0.15) is 0 Å². The predicted molar refractivity (Wildman–Crippen MR) is 55.3 cm³/mol. The van der Waals surface area contributed by atoms with Crippen LogP contribution in [0.2, 0.25) is 0 Å². The van der Waals surface area contributed by atoms with E-state index in [-0.39, 0.29) is 0 Å². The van der Waals surface area contributed by atoms with Crippen molar-refractivity contribution in [3.8, 4) is 0 Å². The molecule has 0 bridgehead atoms. The maximum atomic E-state index is 10.3. The molecule has 0 aliphatic heterocycles. The molecule has 4 heteroatoms. The van der Waals surface area contributed by atoms with Crippen molar-refractivity contribution in [3.05, 3.63) is 18.2 Å². The van der Waals surface area contributed by atoms with Crippen molar-refractivity contribution in [2.75, 3.05) is 5.33 Å². The number of rotatable bonds is 6. The van der Waals surface area contributed by atoms with Crippen LogP contribution in [0, 0.1) is 0 Å². The summed E-state index contributed by atoms with van der Waals surface area (Å²) in [6, 6.07) is 0. The average molecular weight is 245 g/mol. The van der Waals surface area contributed by atoms with Crippen LogP contribution in [0.5, 0.6) is 0 Å². The summed E-state index contributed by atoms with van der Waals surface area (Å²) in [6.45, 7) is 0.952. The largest absolute Gasteiger partial charge is 0.337 e. The van der Waals surface area contributed by atoms with Gasteiger partial charge in [0.1, 0.15) is 5.69 Å². The molecule has 0 radical (unpaired) electrons. The lowest BCUT2D eigenvalue weighted by Crippen LogP contribution is -1.94. The summed E-state index contributed by atoms with van der Waals surface area (Å²) in [4.78, 5) is 14.2. The summed E-state index contributed by atoms with van der Waals surface area (Å²) < 4.78 is 1.96. The number of imidazole rings is 1. The first-order valence-electron chi connectivity index (χ1n) is 4.39. The van der Waals surface area contributed by atoms with Crippen LogP contribution in [-0.2, 0) is 6.54 Å². The zero-order valence-electron chi connectivity index (χ0n) is 7.45. The molecular formula is C9H13BrN2O. The van der Waals surface area contributed by atoms with Crippen molar-refractivity contribution in [1.29, 1.82) is 0 Å². The van der Waals surface area contributed by atoms with Gasteiger partial charge in [-0.05, 0) is 12.8 Å². The maximum Gasteiger partial charge on any atom is 0.169 e. The van der Waals surface area contributed by atoms with E-state index in [2.05, 4.69) is 20.9 Å². The van der Waals surface area contributed by atoms with Crippen LogP contribution in [0.15, 0.2) is 12.5 Å². The van der Waals surface area contributed by atoms with Gasteiger partial charge in [0.15, 0.2) is 6.29 Å². The summed E-state index contributed by atoms with van der Waals surface area (Å²) in [7, 11) is 0. The minimum atomic E-state index is 0.514. The van der Waals surface area contributed by atoms with Crippen molar-refractivity contribution >= 4 is 22.2 Å². The second kappa shape index (κ2) is 5.91. The lowest BCUT2D eigenvalue weighted by atomic mass is 10.2. The lowest BCUT2D eigenvalue weighted by Gasteiger charge is -1.99. The smallest absolute Gasteiger partial charge is 0.169 e. The third-order valence-corrected chi connectivity index (χ3v) is 2.38. The van der Waals surface area contributed by atoms with Gasteiger partial charge in [0.2, 0.25) is 0 Å². The van der Waals surface area contributed by atoms with E-state index in [0.717, 1.165) is 24.6 Å². The van der Waals surface area contributed by atoms with Crippen LogP contribution < -0.4 is 0 Å². The number of unbranched alkanes of at least 4 members (excludes halogenated alkanes) is 2. The summed E-state index contributed by atoms with van der Waals surface area (Å²) in [5, 5.41) is 1.07. The molecule has 0 fully saturated rings. The molecule has 1 aromatic rings. The Morgan fingerprint density at radius 2 is 2.31 bits per heavy atom. The van der Waals surface area contributed by atoms with E-state index in [1.807, 2.05) is 4.57 Å². The van der Waals surface area contributed by atoms with Gasteiger partial charge in [0, 0.05) is 18.1 Å². The second-order valence-corrected chi connectivity index (χ2v) is 3.70. The molecule has 13 heavy (non-hydrogen) atoms. The highest BCUT2D eigenvalue weighted by Gasteiger charge is 1.95. The minimum Gasteiger partial charge on any atom is -0.337 e. The first-order chi connectivity index (χ1) is 6.36. The lowest BCUT2D eigenvalue weighted by molar-refractivity contribution is 0.111. The fraction of sp³-hybridized carbons (Fsp3) is 0.556. The molecule has 1 aromatic heterocycles. The van der Waals surface area contributed by atoms with Gasteiger partial charge < -0.3 is 4.57 Å². The van der Waals surface area contributed by atoms with E-state index >= 15 is 0 Å². The molecule has 0 spiro atoms. The van der Waals surface area contributed by atoms with Gasteiger partial charge in [-0.25, -0.2) is 4.98 Å². The highest BCUT2D eigenvalue weighted by Crippen LogP contribution is 2.02. The zero-order chi connectivity index (χ0) is 9.52. The number of hydrogen-bond donors (Lipinski definition) is 0. The molecule has 72 valence electrons. The monoisotopic (exact) mass is 244 g/mol. The molecule has 3 nitrogen and oxygen atoms in total. The van der Waals surface area contributed by atoms with Crippen molar-refractivity contribution in [2.24, 2.45) is 0 Å². The van der Waals surface area contributed by atoms with E-state index in [1.165, 1.54) is 12.8 Å². The number of aromatic nitrogens is 2. The third-order valence-electron chi connectivity index (χ3n) is 1.82. The first kappa shape index (κ1) is 10.4. The molecule has 0 N–H and O–H groups in total. The van der Waals surface area contributed by atoms with Crippen LogP contribution in [0.3, 0.4) is 0 Å². The molecule has 0 atom stereocenters. The molecule has 0 aliphatic carbocycles. The van der Waals surface area contributed by atoms with Crippen LogP contribution in [0.1, 0.15) is 29.8 Å². The maximum absolute atomic E-state index is 10.3. The number of carbonyl (C=O) groups excluding carboxylic acids is 1. The van der Waals surface area contributed by atoms with Gasteiger partial charge >= 0.3 is 0 Å². The van der Waals surface area contributed by atoms with Crippen LogP contribution in [0.4, 0.5) is 0 Å². The normalized spacial score (nSPS) is 10.2. The highest BCUT2D eigenvalue weighted by atomic mass is 79.9. The standard InChI is InChI=1S/C9H13BrN2O/c10-4-2-1-3-5-12-6-9(7-13)11-8-12/h6-8H,1-5H2. The SMILES string of the molecule is O=Cc1cn(CCCCCBr)cn1. The Kier molecular flexibility index (Phi) is 4.75. The Balaban J connectivity index is 2.24. The Bertz CT molecular complexity index is 260. The van der Waals surface area contributed by atoms with E-state index < -0.39 is 0 Å². The number of halogens is 1. The molecule has 0 unspecified atom stereocenters. The summed E-state index contributed by atoms with van der Waals surface area (Å²) in [5.74, 6) is 0. The van der Waals surface area contributed by atoms with Gasteiger partial charge in [0.25, 0.3) is 0 Å². The molecular weight excluding hydrogens is 232 g/mol. The Labute approximate surface area is 86.3 Å². The Morgan fingerprint density at radius 1 is 1.46 bits per heavy atom. The molecule has 0 amide bonds. The van der Waals surface area contributed by atoms with Crippen molar-refractivity contribution in [2.45, 2.75) is 25.8 Å². The highest BCUT2D eigenvalue weighted by molar-refractivity contribution is 9.09. The van der Waals surface area contributed by atoms with Gasteiger partial charge in [-0.3, -0.25) is 4.79 Å². The third kappa shape index (κ3) is 3.72. The van der Waals surface area contributed by atoms with E-state index in [1.54, 1.807) is 12.5 Å². The van der Waals surface area contributed by atoms with Gasteiger partial charge in [-0.1, -0.05) is 22.4 Å². The number of hydrogen-bond acceptors (Lipinski definition) is 2. The molecule has 0 saturated heterocycles. The van der Waals surface area contributed by atoms with Crippen molar-refractivity contribution < 1.29 is 4.79 Å². The van der Waals surface area contributed by atoms with E-state index in [9.17, 15) is 4.79 Å². The quantitative estimate of drug-likeness (QED) is 0.437. The zero-order valence-corrected chi connectivity index (χ0v) is 9.03. The average Bonchev–Trinajstić information content (AvgIpc) is 2.60. The molecule has 1 rings (SSSR count). The first-order valence-corrected chi connectivity index (χ1v) is 5.52. The van der Waals surface area contributed by atoms with E-state index in [4.69, 9.17) is 0 Å². The fourth-order valence-corrected chi connectivity index (χ4v) is 1.52. The topological polar surface area (TPSA) is 34.9 Å². The van der Waals surface area contributed by atoms with Gasteiger partial charge in [0.05, 0.1) is 6.33 Å². The summed E-state index contributed by atoms with van der Waals surface area (Å²) in [5.41, 5.74) is 0.514. The fourth-order valence-electron chi connectivity index (χ4n) is 1.13. The minimum absolute atomic E-state index is 0.514. The number of carbonyl (C=O) groups is 1. The van der Waals surface area contributed by atoms with Gasteiger partial charge in [-0.15, -0.1) is 0 Å². The molecule has 0 aliphatic rings. The second-order valence-electron chi connectivity index (χ2n) is 2.90. The van der Waals surface area contributed by atoms with Crippen molar-refractivity contribution in [3.63, 3.8) is 0 Å². The summed E-state index contributed by atoms with van der Waals surface area (Å²) >= 11 is 3.39. The van der Waals surface area contributed by atoms with Crippen LogP contribution in [-0.4, -0.2) is 21.2 Å². The molecule has 1 heterocycles. The Morgan fingerprint density at radius 3 is 2.92 bits per heavy atom. The molecule has 0 saturated carbocycles. The van der Waals surface area contributed by atoms with Crippen LogP contribution in [0.25, 0.3) is 0 Å². The number of aldehydes is 1.